The highest BCUT2D eigenvalue weighted by Crippen LogP contribution is 2.28. The minimum Gasteiger partial charge on any atom is -0.381 e. The summed E-state index contributed by atoms with van der Waals surface area (Å²) in [4.78, 5) is 0.798. The molecule has 1 saturated heterocycles. The van der Waals surface area contributed by atoms with E-state index < -0.39 is 0 Å². The van der Waals surface area contributed by atoms with Gasteiger partial charge in [0.1, 0.15) is 11.1 Å². The Morgan fingerprint density at radius 1 is 1.47 bits per heavy atom. The highest BCUT2D eigenvalue weighted by molar-refractivity contribution is 7.16. The van der Waals surface area contributed by atoms with Crippen molar-refractivity contribution in [2.24, 2.45) is 5.73 Å². The van der Waals surface area contributed by atoms with Crippen molar-refractivity contribution < 1.29 is 9.47 Å². The molecule has 3 rings (SSSR count). The van der Waals surface area contributed by atoms with Crippen LogP contribution in [0.3, 0.4) is 0 Å². The SMILES string of the molecule is COC(CN)c1nn2c(C3CCOCC3)nnc2s1. The lowest BCUT2D eigenvalue weighted by Crippen LogP contribution is -2.17. The van der Waals surface area contributed by atoms with E-state index in [-0.39, 0.29) is 6.10 Å². The molecule has 0 bridgehead atoms. The van der Waals surface area contributed by atoms with Gasteiger partial charge in [-0.05, 0) is 12.8 Å². The van der Waals surface area contributed by atoms with Gasteiger partial charge in [-0.1, -0.05) is 11.3 Å². The van der Waals surface area contributed by atoms with Gasteiger partial charge in [-0.15, -0.1) is 10.2 Å². The number of ether oxygens (including phenoxy) is 2. The summed E-state index contributed by atoms with van der Waals surface area (Å²) in [6.07, 6.45) is 1.77. The summed E-state index contributed by atoms with van der Waals surface area (Å²) in [5, 5.41) is 13.9. The van der Waals surface area contributed by atoms with E-state index in [4.69, 9.17) is 15.2 Å². The van der Waals surface area contributed by atoms with Crippen LogP contribution in [0.5, 0.6) is 0 Å². The fraction of sp³-hybridized carbons (Fsp3) is 0.727. The van der Waals surface area contributed by atoms with Crippen LogP contribution in [-0.2, 0) is 9.47 Å². The van der Waals surface area contributed by atoms with Crippen LogP contribution in [0.25, 0.3) is 4.96 Å². The smallest absolute Gasteiger partial charge is 0.234 e. The molecule has 1 unspecified atom stereocenters. The molecule has 3 heterocycles. The normalized spacial score (nSPS) is 19.1. The number of hydrogen-bond donors (Lipinski definition) is 1. The summed E-state index contributed by atoms with van der Waals surface area (Å²) >= 11 is 1.48. The number of nitrogens with two attached hydrogens (primary N) is 1. The number of rotatable bonds is 4. The first-order valence-electron chi connectivity index (χ1n) is 6.36. The topological polar surface area (TPSA) is 87.6 Å². The van der Waals surface area contributed by atoms with Crippen molar-refractivity contribution in [2.45, 2.75) is 24.9 Å². The maximum atomic E-state index is 5.67. The van der Waals surface area contributed by atoms with Crippen molar-refractivity contribution in [1.29, 1.82) is 0 Å². The quantitative estimate of drug-likeness (QED) is 0.890. The molecule has 0 saturated carbocycles. The summed E-state index contributed by atoms with van der Waals surface area (Å²) in [7, 11) is 1.64. The molecule has 0 aromatic carbocycles. The second-order valence-electron chi connectivity index (χ2n) is 4.54. The Bertz CT molecular complexity index is 544. The third-order valence-electron chi connectivity index (χ3n) is 3.39. The van der Waals surface area contributed by atoms with E-state index in [0.717, 1.165) is 41.8 Å². The van der Waals surface area contributed by atoms with Gasteiger partial charge in [0.25, 0.3) is 0 Å². The van der Waals surface area contributed by atoms with E-state index in [0.29, 0.717) is 12.5 Å². The van der Waals surface area contributed by atoms with Crippen LogP contribution in [0.2, 0.25) is 0 Å². The van der Waals surface area contributed by atoms with Gasteiger partial charge in [-0.25, -0.2) is 0 Å². The molecule has 1 atom stereocenters. The lowest BCUT2D eigenvalue weighted by Gasteiger charge is -2.19. The lowest BCUT2D eigenvalue weighted by molar-refractivity contribution is 0.0830. The van der Waals surface area contributed by atoms with Crippen LogP contribution >= 0.6 is 11.3 Å². The monoisotopic (exact) mass is 283 g/mol. The van der Waals surface area contributed by atoms with E-state index in [1.54, 1.807) is 7.11 Å². The molecule has 2 aromatic heterocycles. The van der Waals surface area contributed by atoms with E-state index in [1.165, 1.54) is 11.3 Å². The molecule has 2 aromatic rings. The van der Waals surface area contributed by atoms with Gasteiger partial charge in [0.2, 0.25) is 4.96 Å². The van der Waals surface area contributed by atoms with Gasteiger partial charge in [-0.2, -0.15) is 9.61 Å². The largest absolute Gasteiger partial charge is 0.381 e. The zero-order valence-electron chi connectivity index (χ0n) is 10.8. The van der Waals surface area contributed by atoms with E-state index in [1.807, 2.05) is 4.52 Å². The molecule has 0 amide bonds. The summed E-state index contributed by atoms with van der Waals surface area (Å²) < 4.78 is 12.5. The number of aromatic nitrogens is 4. The van der Waals surface area contributed by atoms with Gasteiger partial charge < -0.3 is 15.2 Å². The fourth-order valence-electron chi connectivity index (χ4n) is 2.29. The zero-order chi connectivity index (χ0) is 13.2. The van der Waals surface area contributed by atoms with Crippen molar-refractivity contribution in [3.8, 4) is 0 Å². The van der Waals surface area contributed by atoms with Gasteiger partial charge in [0.05, 0.1) is 0 Å². The van der Waals surface area contributed by atoms with E-state index in [2.05, 4.69) is 15.3 Å². The first-order valence-corrected chi connectivity index (χ1v) is 7.17. The Kier molecular flexibility index (Phi) is 3.74. The molecule has 1 aliphatic heterocycles. The third kappa shape index (κ3) is 2.36. The molecule has 104 valence electrons. The maximum Gasteiger partial charge on any atom is 0.234 e. The Morgan fingerprint density at radius 3 is 2.95 bits per heavy atom. The first-order chi connectivity index (χ1) is 9.33. The summed E-state index contributed by atoms with van der Waals surface area (Å²) in [6.45, 7) is 1.97. The molecular formula is C11H17N5O2S. The Labute approximate surface area is 114 Å². The maximum absolute atomic E-state index is 5.67. The van der Waals surface area contributed by atoms with Crippen LogP contribution in [0.4, 0.5) is 0 Å². The van der Waals surface area contributed by atoms with Crippen LogP contribution in [0.15, 0.2) is 0 Å². The average molecular weight is 283 g/mol. The molecule has 0 spiro atoms. The summed E-state index contributed by atoms with van der Waals surface area (Å²) in [6, 6.07) is 0. The zero-order valence-corrected chi connectivity index (χ0v) is 11.6. The van der Waals surface area contributed by atoms with Gasteiger partial charge >= 0.3 is 0 Å². The fourth-order valence-corrected chi connectivity index (χ4v) is 3.22. The minimum atomic E-state index is -0.172. The highest BCUT2D eigenvalue weighted by atomic mass is 32.1. The molecule has 7 nitrogen and oxygen atoms in total. The first kappa shape index (κ1) is 12.9. The van der Waals surface area contributed by atoms with Crippen molar-refractivity contribution in [2.75, 3.05) is 26.9 Å². The van der Waals surface area contributed by atoms with Crippen molar-refractivity contribution in [1.82, 2.24) is 19.8 Å². The second kappa shape index (κ2) is 5.49. The van der Waals surface area contributed by atoms with Gasteiger partial charge in [0, 0.05) is 32.8 Å². The minimum absolute atomic E-state index is 0.172. The molecule has 8 heteroatoms. The molecule has 1 fully saturated rings. The number of hydrogen-bond acceptors (Lipinski definition) is 7. The van der Waals surface area contributed by atoms with Gasteiger partial charge in [0.15, 0.2) is 5.82 Å². The van der Waals surface area contributed by atoms with E-state index in [9.17, 15) is 0 Å². The number of nitrogens with zero attached hydrogens (tertiary/aromatic N) is 4. The molecule has 0 aliphatic carbocycles. The van der Waals surface area contributed by atoms with Gasteiger partial charge in [-0.3, -0.25) is 0 Å². The van der Waals surface area contributed by atoms with Crippen LogP contribution in [0, 0.1) is 0 Å². The predicted octanol–water partition coefficient (Wildman–Crippen LogP) is 0.726. The highest BCUT2D eigenvalue weighted by Gasteiger charge is 2.24. The van der Waals surface area contributed by atoms with Crippen molar-refractivity contribution in [3.05, 3.63) is 10.8 Å². The third-order valence-corrected chi connectivity index (χ3v) is 4.38. The number of fused-ring (bicyclic) bond motifs is 1. The summed E-state index contributed by atoms with van der Waals surface area (Å²) in [5.74, 6) is 1.30. The van der Waals surface area contributed by atoms with Crippen LogP contribution in [-0.4, -0.2) is 46.7 Å². The van der Waals surface area contributed by atoms with Crippen LogP contribution < -0.4 is 5.73 Å². The average Bonchev–Trinajstić information content (AvgIpc) is 3.01. The Morgan fingerprint density at radius 2 is 2.26 bits per heavy atom. The Balaban J connectivity index is 1.93. The Hall–Kier alpha value is -1.09. The molecule has 19 heavy (non-hydrogen) atoms. The van der Waals surface area contributed by atoms with E-state index >= 15 is 0 Å². The molecule has 1 aliphatic rings. The van der Waals surface area contributed by atoms with Crippen molar-refractivity contribution in [3.63, 3.8) is 0 Å². The molecule has 2 N–H and O–H groups in total. The lowest BCUT2D eigenvalue weighted by atomic mass is 10.00. The molecule has 0 radical (unpaired) electrons. The second-order valence-corrected chi connectivity index (χ2v) is 5.53. The summed E-state index contributed by atoms with van der Waals surface area (Å²) in [5.41, 5.74) is 5.67. The number of methoxy groups -OCH3 is 1. The predicted molar refractivity (Wildman–Crippen MR) is 70.3 cm³/mol. The standard InChI is InChI=1S/C11H17N5O2S/c1-17-8(6-12)10-15-16-9(13-14-11(16)19-10)7-2-4-18-5-3-7/h7-8H,2-6,12H2,1H3. The van der Waals surface area contributed by atoms with Crippen molar-refractivity contribution >= 4 is 16.3 Å². The molecular weight excluding hydrogens is 266 g/mol. The van der Waals surface area contributed by atoms with Crippen LogP contribution in [0.1, 0.15) is 35.7 Å².